The average molecular weight is 262 g/mol. The second-order valence-electron chi connectivity index (χ2n) is 6.36. The molecular formula is C15H26N4. The van der Waals surface area contributed by atoms with Gasteiger partial charge in [-0.2, -0.15) is 5.10 Å². The largest absolute Gasteiger partial charge is 0.315 e. The van der Waals surface area contributed by atoms with Crippen LogP contribution < -0.4 is 5.32 Å². The highest BCUT2D eigenvalue weighted by molar-refractivity contribution is 5.16. The van der Waals surface area contributed by atoms with Crippen LogP contribution in [0.5, 0.6) is 0 Å². The van der Waals surface area contributed by atoms with E-state index in [0.717, 1.165) is 25.2 Å². The van der Waals surface area contributed by atoms with Gasteiger partial charge in [0.15, 0.2) is 0 Å². The maximum Gasteiger partial charge on any atom is 0.0638 e. The summed E-state index contributed by atoms with van der Waals surface area (Å²) >= 11 is 0. The summed E-state index contributed by atoms with van der Waals surface area (Å²) in [6.07, 6.45) is 6.28. The van der Waals surface area contributed by atoms with Crippen LogP contribution in [0.2, 0.25) is 0 Å². The molecule has 2 atom stereocenters. The van der Waals surface area contributed by atoms with E-state index in [1.165, 1.54) is 37.1 Å². The summed E-state index contributed by atoms with van der Waals surface area (Å²) in [6.45, 7) is 9.95. The Morgan fingerprint density at radius 2 is 2.11 bits per heavy atom. The van der Waals surface area contributed by atoms with Crippen molar-refractivity contribution in [2.24, 2.45) is 0 Å². The first-order valence-electron chi connectivity index (χ1n) is 7.66. The van der Waals surface area contributed by atoms with Gasteiger partial charge < -0.3 is 5.32 Å². The molecular weight excluding hydrogens is 236 g/mol. The molecule has 4 nitrogen and oxygen atoms in total. The van der Waals surface area contributed by atoms with E-state index in [-0.39, 0.29) is 0 Å². The first kappa shape index (κ1) is 13.1. The minimum Gasteiger partial charge on any atom is -0.315 e. The molecule has 0 amide bonds. The van der Waals surface area contributed by atoms with Gasteiger partial charge in [-0.05, 0) is 46.6 Å². The third-order valence-electron chi connectivity index (χ3n) is 4.71. The second kappa shape index (κ2) is 5.25. The van der Waals surface area contributed by atoms with Crippen molar-refractivity contribution in [3.05, 3.63) is 17.5 Å². The molecule has 3 rings (SSSR count). The molecule has 0 aliphatic carbocycles. The highest BCUT2D eigenvalue weighted by Gasteiger charge is 2.35. The highest BCUT2D eigenvalue weighted by atomic mass is 15.3. The molecule has 106 valence electrons. The number of hydrogen-bond donors (Lipinski definition) is 1. The molecule has 2 fully saturated rings. The van der Waals surface area contributed by atoms with Crippen LogP contribution in [-0.4, -0.2) is 39.9 Å². The van der Waals surface area contributed by atoms with Crippen LogP contribution in [0.25, 0.3) is 0 Å². The van der Waals surface area contributed by atoms with Crippen LogP contribution in [0.3, 0.4) is 0 Å². The van der Waals surface area contributed by atoms with Crippen molar-refractivity contribution in [3.8, 4) is 0 Å². The van der Waals surface area contributed by atoms with Gasteiger partial charge in [0.25, 0.3) is 0 Å². The summed E-state index contributed by atoms with van der Waals surface area (Å²) in [6, 6.07) is 1.96. The number of hydrogen-bond acceptors (Lipinski definition) is 3. The van der Waals surface area contributed by atoms with Crippen molar-refractivity contribution in [1.29, 1.82) is 0 Å². The molecule has 1 N–H and O–H groups in total. The van der Waals surface area contributed by atoms with Gasteiger partial charge in [-0.1, -0.05) is 0 Å². The minimum absolute atomic E-state index is 0.454. The molecule has 1 aromatic rings. The van der Waals surface area contributed by atoms with E-state index < -0.39 is 0 Å². The maximum absolute atomic E-state index is 4.64. The Bertz CT molecular complexity index is 423. The summed E-state index contributed by atoms with van der Waals surface area (Å²) in [7, 11) is 0. The zero-order chi connectivity index (χ0) is 13.4. The molecule has 0 radical (unpaired) electrons. The predicted molar refractivity (Wildman–Crippen MR) is 77.2 cm³/mol. The molecule has 2 aliphatic rings. The number of aryl methyl sites for hydroxylation is 1. The fraction of sp³-hybridized carbons (Fsp3) is 0.800. The summed E-state index contributed by atoms with van der Waals surface area (Å²) in [5.41, 5.74) is 2.61. The minimum atomic E-state index is 0.454. The Labute approximate surface area is 116 Å². The summed E-state index contributed by atoms with van der Waals surface area (Å²) < 4.78 is 2.10. The monoisotopic (exact) mass is 262 g/mol. The standard InChI is InChI=1S/C15H26N4/c1-11(2)19-10-13(12(3)17-19)9-18-14-4-5-15(18)8-16-7-6-14/h10-11,14-16H,4-9H2,1-3H3. The van der Waals surface area contributed by atoms with Gasteiger partial charge in [0.1, 0.15) is 0 Å². The summed E-state index contributed by atoms with van der Waals surface area (Å²) in [5.74, 6) is 0. The fourth-order valence-corrected chi connectivity index (χ4v) is 3.48. The summed E-state index contributed by atoms with van der Waals surface area (Å²) in [5, 5.41) is 8.21. The van der Waals surface area contributed by atoms with Gasteiger partial charge in [0.05, 0.1) is 5.69 Å². The smallest absolute Gasteiger partial charge is 0.0638 e. The molecule has 3 heterocycles. The molecule has 1 aromatic heterocycles. The van der Waals surface area contributed by atoms with E-state index >= 15 is 0 Å². The van der Waals surface area contributed by atoms with Gasteiger partial charge in [-0.25, -0.2) is 0 Å². The van der Waals surface area contributed by atoms with Crippen LogP contribution in [0.15, 0.2) is 6.20 Å². The van der Waals surface area contributed by atoms with E-state index in [2.05, 4.69) is 47.0 Å². The van der Waals surface area contributed by atoms with E-state index in [9.17, 15) is 0 Å². The van der Waals surface area contributed by atoms with Crippen LogP contribution in [0.4, 0.5) is 0 Å². The van der Waals surface area contributed by atoms with Gasteiger partial charge in [0.2, 0.25) is 0 Å². The van der Waals surface area contributed by atoms with Gasteiger partial charge in [-0.15, -0.1) is 0 Å². The first-order valence-corrected chi connectivity index (χ1v) is 7.66. The van der Waals surface area contributed by atoms with E-state index in [0.29, 0.717) is 6.04 Å². The zero-order valence-corrected chi connectivity index (χ0v) is 12.4. The molecule has 2 saturated heterocycles. The molecule has 19 heavy (non-hydrogen) atoms. The Balaban J connectivity index is 1.77. The van der Waals surface area contributed by atoms with Crippen LogP contribution in [0.1, 0.15) is 50.4 Å². The molecule has 2 unspecified atom stereocenters. The number of fused-ring (bicyclic) bond motifs is 2. The zero-order valence-electron chi connectivity index (χ0n) is 12.4. The lowest BCUT2D eigenvalue weighted by molar-refractivity contribution is 0.193. The molecule has 2 bridgehead atoms. The quantitative estimate of drug-likeness (QED) is 0.905. The van der Waals surface area contributed by atoms with E-state index in [1.54, 1.807) is 0 Å². The van der Waals surface area contributed by atoms with Gasteiger partial charge >= 0.3 is 0 Å². The van der Waals surface area contributed by atoms with Crippen molar-refractivity contribution in [2.45, 2.75) is 64.7 Å². The fourth-order valence-electron chi connectivity index (χ4n) is 3.48. The van der Waals surface area contributed by atoms with E-state index in [4.69, 9.17) is 0 Å². The third kappa shape index (κ3) is 2.56. The van der Waals surface area contributed by atoms with Crippen molar-refractivity contribution in [3.63, 3.8) is 0 Å². The van der Waals surface area contributed by atoms with Gasteiger partial charge in [0, 0.05) is 43.0 Å². The number of rotatable bonds is 3. The molecule has 2 aliphatic heterocycles. The van der Waals surface area contributed by atoms with Crippen LogP contribution in [-0.2, 0) is 6.54 Å². The highest BCUT2D eigenvalue weighted by Crippen LogP contribution is 2.30. The second-order valence-corrected chi connectivity index (χ2v) is 6.36. The number of aromatic nitrogens is 2. The average Bonchev–Trinajstić information content (AvgIpc) is 2.81. The summed E-state index contributed by atoms with van der Waals surface area (Å²) in [4.78, 5) is 2.72. The first-order chi connectivity index (χ1) is 9.15. The number of nitrogens with zero attached hydrogens (tertiary/aromatic N) is 3. The van der Waals surface area contributed by atoms with Gasteiger partial charge in [-0.3, -0.25) is 9.58 Å². The third-order valence-corrected chi connectivity index (χ3v) is 4.71. The lowest BCUT2D eigenvalue weighted by atomic mass is 10.1. The normalized spacial score (nSPS) is 28.0. The van der Waals surface area contributed by atoms with E-state index in [1.807, 2.05) is 0 Å². The topological polar surface area (TPSA) is 33.1 Å². The Kier molecular flexibility index (Phi) is 3.63. The van der Waals surface area contributed by atoms with Crippen molar-refractivity contribution < 1.29 is 0 Å². The Morgan fingerprint density at radius 1 is 1.32 bits per heavy atom. The molecule has 0 spiro atoms. The molecule has 0 saturated carbocycles. The van der Waals surface area contributed by atoms with Crippen LogP contribution >= 0.6 is 0 Å². The number of nitrogens with one attached hydrogen (secondary N) is 1. The predicted octanol–water partition coefficient (Wildman–Crippen LogP) is 2.10. The van der Waals surface area contributed by atoms with Crippen molar-refractivity contribution in [1.82, 2.24) is 20.0 Å². The van der Waals surface area contributed by atoms with Crippen LogP contribution in [0, 0.1) is 6.92 Å². The Morgan fingerprint density at radius 3 is 2.84 bits per heavy atom. The SMILES string of the molecule is Cc1nn(C(C)C)cc1CN1C2CCNCC1CC2. The maximum atomic E-state index is 4.64. The lowest BCUT2D eigenvalue weighted by Crippen LogP contribution is -2.37. The molecule has 4 heteroatoms. The van der Waals surface area contributed by atoms with Crippen molar-refractivity contribution >= 4 is 0 Å². The molecule has 0 aromatic carbocycles. The Hall–Kier alpha value is -0.870. The lowest BCUT2D eigenvalue weighted by Gasteiger charge is -2.27. The van der Waals surface area contributed by atoms with Crippen molar-refractivity contribution in [2.75, 3.05) is 13.1 Å².